The van der Waals surface area contributed by atoms with E-state index in [1.807, 2.05) is 12.1 Å². The van der Waals surface area contributed by atoms with Gasteiger partial charge in [-0.25, -0.2) is 9.07 Å². The van der Waals surface area contributed by atoms with Crippen LogP contribution in [0.5, 0.6) is 5.75 Å². The Labute approximate surface area is 206 Å². The van der Waals surface area contributed by atoms with Crippen molar-refractivity contribution in [3.05, 3.63) is 94.5 Å². The van der Waals surface area contributed by atoms with E-state index in [2.05, 4.69) is 4.98 Å². The number of hydrogen-bond acceptors (Lipinski definition) is 5. The third kappa shape index (κ3) is 4.76. The van der Waals surface area contributed by atoms with Crippen molar-refractivity contribution in [2.45, 2.75) is 19.6 Å². The number of hydrogen-bond donors (Lipinski definition) is 1. The summed E-state index contributed by atoms with van der Waals surface area (Å²) in [6.07, 6.45) is 3.24. The van der Waals surface area contributed by atoms with Crippen LogP contribution in [-0.4, -0.2) is 43.8 Å². The van der Waals surface area contributed by atoms with Gasteiger partial charge in [-0.3, -0.25) is 9.78 Å². The van der Waals surface area contributed by atoms with Crippen molar-refractivity contribution in [1.29, 1.82) is 0 Å². The Morgan fingerprint density at radius 1 is 1.17 bits per heavy atom. The van der Waals surface area contributed by atoms with E-state index in [9.17, 15) is 14.3 Å². The van der Waals surface area contributed by atoms with Crippen LogP contribution in [0, 0.1) is 12.7 Å². The molecule has 2 aromatic heterocycles. The van der Waals surface area contributed by atoms with Crippen molar-refractivity contribution < 1.29 is 19.0 Å². The number of benzene rings is 2. The minimum absolute atomic E-state index is 0.0471. The van der Waals surface area contributed by atoms with Gasteiger partial charge in [-0.1, -0.05) is 23.7 Å². The van der Waals surface area contributed by atoms with Crippen molar-refractivity contribution in [3.8, 4) is 22.8 Å². The summed E-state index contributed by atoms with van der Waals surface area (Å²) in [5.41, 5.74) is 3.93. The summed E-state index contributed by atoms with van der Waals surface area (Å²) in [4.78, 5) is 18.8. The number of rotatable bonds is 6. The van der Waals surface area contributed by atoms with Gasteiger partial charge >= 0.3 is 0 Å². The van der Waals surface area contributed by atoms with Gasteiger partial charge in [0.1, 0.15) is 23.9 Å². The Morgan fingerprint density at radius 3 is 2.69 bits per heavy atom. The molecule has 9 heteroatoms. The number of halogens is 2. The maximum Gasteiger partial charge on any atom is 0.250 e. The number of phenolic OH excluding ortho intramolecular Hbond substituents is 1. The SMILES string of the molecule is Cc1cc(-n2cc([C@H]3OCC(=O)N3CCc3ccc(O)cc3)c(-c3ccc(Cl)cn3)n2)ccc1F. The average molecular weight is 493 g/mol. The predicted molar refractivity (Wildman–Crippen MR) is 129 cm³/mol. The van der Waals surface area contributed by atoms with Gasteiger partial charge in [0.25, 0.3) is 5.91 Å². The summed E-state index contributed by atoms with van der Waals surface area (Å²) in [6, 6.07) is 15.1. The molecule has 5 rings (SSSR count). The van der Waals surface area contributed by atoms with Crippen LogP contribution in [0.25, 0.3) is 17.1 Å². The van der Waals surface area contributed by atoms with Crippen LogP contribution in [0.1, 0.15) is 22.9 Å². The van der Waals surface area contributed by atoms with E-state index in [1.54, 1.807) is 59.1 Å². The molecule has 0 radical (unpaired) electrons. The Morgan fingerprint density at radius 2 is 1.97 bits per heavy atom. The molecule has 0 spiro atoms. The summed E-state index contributed by atoms with van der Waals surface area (Å²) in [5.74, 6) is -0.240. The summed E-state index contributed by atoms with van der Waals surface area (Å²) in [6.45, 7) is 2.06. The van der Waals surface area contributed by atoms with Crippen LogP contribution in [0.2, 0.25) is 5.02 Å². The number of carbonyl (C=O) groups excluding carboxylic acids is 1. The minimum Gasteiger partial charge on any atom is -0.508 e. The Balaban J connectivity index is 1.52. The zero-order chi connectivity index (χ0) is 24.5. The first-order valence-electron chi connectivity index (χ1n) is 11.1. The normalized spacial score (nSPS) is 15.7. The molecule has 1 amide bonds. The first-order chi connectivity index (χ1) is 16.9. The molecular weight excluding hydrogens is 471 g/mol. The fourth-order valence-electron chi connectivity index (χ4n) is 4.05. The summed E-state index contributed by atoms with van der Waals surface area (Å²) < 4.78 is 21.4. The lowest BCUT2D eigenvalue weighted by molar-refractivity contribution is -0.128. The summed E-state index contributed by atoms with van der Waals surface area (Å²) in [5, 5.41) is 14.7. The molecule has 1 aliphatic rings. The highest BCUT2D eigenvalue weighted by Crippen LogP contribution is 2.35. The Bertz CT molecular complexity index is 1370. The summed E-state index contributed by atoms with van der Waals surface area (Å²) >= 11 is 6.03. The zero-order valence-corrected chi connectivity index (χ0v) is 19.6. The molecule has 35 heavy (non-hydrogen) atoms. The lowest BCUT2D eigenvalue weighted by Crippen LogP contribution is -2.30. The second-order valence-electron chi connectivity index (χ2n) is 8.34. The van der Waals surface area contributed by atoms with Crippen molar-refractivity contribution in [2.24, 2.45) is 0 Å². The Hall–Kier alpha value is -3.75. The highest BCUT2D eigenvalue weighted by Gasteiger charge is 2.36. The van der Waals surface area contributed by atoms with Crippen LogP contribution >= 0.6 is 11.6 Å². The molecule has 1 atom stereocenters. The number of ether oxygens (including phenoxy) is 1. The molecule has 7 nitrogen and oxygen atoms in total. The number of amides is 1. The van der Waals surface area contributed by atoms with E-state index in [0.717, 1.165) is 5.56 Å². The van der Waals surface area contributed by atoms with E-state index >= 15 is 0 Å². The largest absolute Gasteiger partial charge is 0.508 e. The molecule has 0 bridgehead atoms. The number of phenols is 1. The highest BCUT2D eigenvalue weighted by atomic mass is 35.5. The number of pyridine rings is 1. The lowest BCUT2D eigenvalue weighted by Gasteiger charge is -2.23. The van der Waals surface area contributed by atoms with Crippen LogP contribution in [0.3, 0.4) is 0 Å². The van der Waals surface area contributed by atoms with Gasteiger partial charge in [0.2, 0.25) is 0 Å². The smallest absolute Gasteiger partial charge is 0.250 e. The fourth-order valence-corrected chi connectivity index (χ4v) is 4.16. The zero-order valence-electron chi connectivity index (χ0n) is 18.9. The quantitative estimate of drug-likeness (QED) is 0.416. The van der Waals surface area contributed by atoms with Crippen LogP contribution < -0.4 is 0 Å². The monoisotopic (exact) mass is 492 g/mol. The molecule has 1 aliphatic heterocycles. The minimum atomic E-state index is -0.664. The second-order valence-corrected chi connectivity index (χ2v) is 8.78. The molecule has 1 fully saturated rings. The molecule has 178 valence electrons. The third-order valence-corrected chi connectivity index (χ3v) is 6.15. The number of carbonyl (C=O) groups is 1. The van der Waals surface area contributed by atoms with Gasteiger partial charge in [-0.2, -0.15) is 5.10 Å². The second kappa shape index (κ2) is 9.48. The van der Waals surface area contributed by atoms with Gasteiger partial charge < -0.3 is 14.7 Å². The van der Waals surface area contributed by atoms with Crippen molar-refractivity contribution in [3.63, 3.8) is 0 Å². The molecule has 4 aromatic rings. The molecule has 0 unspecified atom stereocenters. The molecule has 1 N–H and O–H groups in total. The molecular formula is C26H22ClFN4O3. The molecule has 0 aliphatic carbocycles. The third-order valence-electron chi connectivity index (χ3n) is 5.93. The van der Waals surface area contributed by atoms with E-state index in [4.69, 9.17) is 21.4 Å². The van der Waals surface area contributed by atoms with Gasteiger partial charge in [-0.15, -0.1) is 0 Å². The van der Waals surface area contributed by atoms with Gasteiger partial charge in [0.15, 0.2) is 6.23 Å². The van der Waals surface area contributed by atoms with E-state index < -0.39 is 6.23 Å². The summed E-state index contributed by atoms with van der Waals surface area (Å²) in [7, 11) is 0. The first-order valence-corrected chi connectivity index (χ1v) is 11.4. The molecule has 2 aromatic carbocycles. The van der Waals surface area contributed by atoms with Gasteiger partial charge in [0.05, 0.1) is 16.4 Å². The maximum absolute atomic E-state index is 13.9. The van der Waals surface area contributed by atoms with Crippen LogP contribution in [-0.2, 0) is 16.0 Å². The number of aryl methyl sites for hydroxylation is 1. The Kier molecular flexibility index (Phi) is 6.23. The van der Waals surface area contributed by atoms with E-state index in [1.165, 1.54) is 12.3 Å². The van der Waals surface area contributed by atoms with Gasteiger partial charge in [0, 0.05) is 24.5 Å². The van der Waals surface area contributed by atoms with Crippen LogP contribution in [0.4, 0.5) is 4.39 Å². The van der Waals surface area contributed by atoms with E-state index in [0.29, 0.717) is 46.2 Å². The standard InChI is InChI=1S/C26H22ClFN4O3/c1-16-12-19(5-8-22(16)28)32-14-21(25(30-32)23-9-4-18(27)13-29-23)26-31(24(34)15-35-26)11-10-17-2-6-20(33)7-3-17/h2-9,12-14,26,33H,10-11,15H2,1H3/t26-/m1/s1. The molecule has 3 heterocycles. The van der Waals surface area contributed by atoms with Crippen LogP contribution in [0.15, 0.2) is 67.0 Å². The number of aromatic nitrogens is 3. The maximum atomic E-state index is 13.9. The predicted octanol–water partition coefficient (Wildman–Crippen LogP) is 4.84. The number of nitrogens with zero attached hydrogens (tertiary/aromatic N) is 4. The topological polar surface area (TPSA) is 80.5 Å². The molecule has 0 saturated carbocycles. The van der Waals surface area contributed by atoms with Crippen molar-refractivity contribution in [2.75, 3.05) is 13.2 Å². The number of aromatic hydroxyl groups is 1. The fraction of sp³-hybridized carbons (Fsp3) is 0.192. The first kappa shape index (κ1) is 23.0. The highest BCUT2D eigenvalue weighted by molar-refractivity contribution is 6.30. The van der Waals surface area contributed by atoms with Crippen molar-refractivity contribution >= 4 is 17.5 Å². The van der Waals surface area contributed by atoms with Gasteiger partial charge in [-0.05, 0) is 66.9 Å². The molecule has 1 saturated heterocycles. The van der Waals surface area contributed by atoms with Crippen molar-refractivity contribution in [1.82, 2.24) is 19.7 Å². The lowest BCUT2D eigenvalue weighted by atomic mass is 10.1. The van der Waals surface area contributed by atoms with E-state index in [-0.39, 0.29) is 24.1 Å². The average Bonchev–Trinajstić information content (AvgIpc) is 3.44.